The first-order valence-electron chi connectivity index (χ1n) is 5.31. The van der Waals surface area contributed by atoms with E-state index in [4.69, 9.17) is 14.9 Å². The number of aromatic amines is 1. The lowest BCUT2D eigenvalue weighted by molar-refractivity contribution is 0.0683. The van der Waals surface area contributed by atoms with E-state index >= 15 is 0 Å². The molecule has 0 radical (unpaired) electrons. The van der Waals surface area contributed by atoms with Crippen LogP contribution in [0.25, 0.3) is 0 Å². The van der Waals surface area contributed by atoms with Gasteiger partial charge in [-0.05, 0) is 5.56 Å². The molecule has 0 amide bonds. The van der Waals surface area contributed by atoms with Crippen molar-refractivity contribution in [3.05, 3.63) is 47.3 Å². The number of nitrogens with one attached hydrogen (secondary N) is 1. The van der Waals surface area contributed by atoms with E-state index in [2.05, 4.69) is 10.2 Å². The molecule has 1 aromatic carbocycles. The molecule has 0 unspecified atom stereocenters. The molecule has 0 fully saturated rings. The number of aromatic carboxylic acids is 2. The summed E-state index contributed by atoms with van der Waals surface area (Å²) >= 11 is 0. The molecule has 0 aliphatic rings. The third kappa shape index (κ3) is 2.71. The highest BCUT2D eigenvalue weighted by Gasteiger charge is 2.24. The Morgan fingerprint density at radius 2 is 1.84 bits per heavy atom. The van der Waals surface area contributed by atoms with Gasteiger partial charge in [0, 0.05) is 0 Å². The standard InChI is InChI=1S/C12H10N2O5/c15-11(16)8-10(9(12(17)18)14-13-8)19-6-7-4-2-1-3-5-7/h1-5H,6H2,(H,13,14)(H,15,16)(H,17,18). The summed E-state index contributed by atoms with van der Waals surface area (Å²) in [6.45, 7) is 0.0565. The highest BCUT2D eigenvalue weighted by molar-refractivity contribution is 5.96. The van der Waals surface area contributed by atoms with Gasteiger partial charge < -0.3 is 14.9 Å². The van der Waals surface area contributed by atoms with Gasteiger partial charge in [0.25, 0.3) is 0 Å². The lowest BCUT2D eigenvalue weighted by atomic mass is 10.2. The Balaban J connectivity index is 2.25. The average molecular weight is 262 g/mol. The molecule has 0 atom stereocenters. The van der Waals surface area contributed by atoms with Gasteiger partial charge in [-0.1, -0.05) is 30.3 Å². The van der Waals surface area contributed by atoms with Crippen LogP contribution in [0.15, 0.2) is 30.3 Å². The summed E-state index contributed by atoms with van der Waals surface area (Å²) in [4.78, 5) is 21.8. The van der Waals surface area contributed by atoms with Crippen molar-refractivity contribution in [2.24, 2.45) is 0 Å². The Bertz CT molecular complexity index is 574. The highest BCUT2D eigenvalue weighted by Crippen LogP contribution is 2.22. The molecule has 0 bridgehead atoms. The molecular formula is C12H10N2O5. The number of hydrogen-bond acceptors (Lipinski definition) is 4. The maximum absolute atomic E-state index is 10.9. The monoisotopic (exact) mass is 262 g/mol. The summed E-state index contributed by atoms with van der Waals surface area (Å²) in [5.74, 6) is -2.96. The molecule has 7 nitrogen and oxygen atoms in total. The highest BCUT2D eigenvalue weighted by atomic mass is 16.5. The summed E-state index contributed by atoms with van der Waals surface area (Å²) < 4.78 is 5.26. The molecular weight excluding hydrogens is 252 g/mol. The predicted molar refractivity (Wildman–Crippen MR) is 63.3 cm³/mol. The van der Waals surface area contributed by atoms with Crippen LogP contribution >= 0.6 is 0 Å². The minimum absolute atomic E-state index is 0.0565. The van der Waals surface area contributed by atoms with Crippen LogP contribution in [0.4, 0.5) is 0 Å². The van der Waals surface area contributed by atoms with E-state index in [0.29, 0.717) is 0 Å². The van der Waals surface area contributed by atoms with Gasteiger partial charge in [0.1, 0.15) is 6.61 Å². The molecule has 98 valence electrons. The predicted octanol–water partition coefficient (Wildman–Crippen LogP) is 1.39. The Labute approximate surface area is 107 Å². The summed E-state index contributed by atoms with van der Waals surface area (Å²) in [7, 11) is 0. The van der Waals surface area contributed by atoms with E-state index < -0.39 is 17.6 Å². The second-order valence-corrected chi connectivity index (χ2v) is 3.66. The van der Waals surface area contributed by atoms with Crippen LogP contribution in [0.2, 0.25) is 0 Å². The first-order chi connectivity index (χ1) is 9.09. The fourth-order valence-corrected chi connectivity index (χ4v) is 1.49. The lowest BCUT2D eigenvalue weighted by Gasteiger charge is -2.05. The number of nitrogens with zero attached hydrogens (tertiary/aromatic N) is 1. The molecule has 0 saturated heterocycles. The van der Waals surface area contributed by atoms with Crippen molar-refractivity contribution in [1.29, 1.82) is 0 Å². The van der Waals surface area contributed by atoms with Crippen molar-refractivity contribution >= 4 is 11.9 Å². The van der Waals surface area contributed by atoms with Crippen molar-refractivity contribution in [3.63, 3.8) is 0 Å². The van der Waals surface area contributed by atoms with E-state index in [-0.39, 0.29) is 18.1 Å². The lowest BCUT2D eigenvalue weighted by Crippen LogP contribution is -2.06. The Kier molecular flexibility index (Phi) is 3.46. The molecule has 19 heavy (non-hydrogen) atoms. The molecule has 0 aliphatic heterocycles. The molecule has 2 rings (SSSR count). The van der Waals surface area contributed by atoms with Gasteiger partial charge in [0.2, 0.25) is 5.69 Å². The van der Waals surface area contributed by atoms with Gasteiger partial charge in [-0.3, -0.25) is 5.10 Å². The number of ether oxygens (including phenoxy) is 1. The van der Waals surface area contributed by atoms with Gasteiger partial charge in [-0.25, -0.2) is 9.59 Å². The Morgan fingerprint density at radius 1 is 1.16 bits per heavy atom. The van der Waals surface area contributed by atoms with Crippen LogP contribution in [0.5, 0.6) is 5.75 Å². The van der Waals surface area contributed by atoms with Gasteiger partial charge in [-0.2, -0.15) is 5.10 Å². The minimum atomic E-state index is -1.35. The van der Waals surface area contributed by atoms with E-state index in [9.17, 15) is 9.59 Å². The van der Waals surface area contributed by atoms with Crippen molar-refractivity contribution < 1.29 is 24.5 Å². The normalized spacial score (nSPS) is 10.1. The number of carboxylic acids is 2. The largest absolute Gasteiger partial charge is 0.484 e. The second kappa shape index (κ2) is 5.21. The number of H-pyrrole nitrogens is 1. The molecule has 0 aliphatic carbocycles. The van der Waals surface area contributed by atoms with Crippen LogP contribution in [-0.4, -0.2) is 32.3 Å². The first kappa shape index (κ1) is 12.6. The molecule has 0 spiro atoms. The summed E-state index contributed by atoms with van der Waals surface area (Å²) in [6, 6.07) is 8.98. The fraction of sp³-hybridized carbons (Fsp3) is 0.0833. The van der Waals surface area contributed by atoms with Crippen LogP contribution in [0.3, 0.4) is 0 Å². The van der Waals surface area contributed by atoms with Gasteiger partial charge in [-0.15, -0.1) is 0 Å². The fourth-order valence-electron chi connectivity index (χ4n) is 1.49. The van der Waals surface area contributed by atoms with Crippen LogP contribution in [0.1, 0.15) is 26.5 Å². The number of benzene rings is 1. The van der Waals surface area contributed by atoms with Gasteiger partial charge >= 0.3 is 11.9 Å². The Morgan fingerprint density at radius 3 is 2.42 bits per heavy atom. The third-order valence-corrected chi connectivity index (χ3v) is 2.36. The zero-order valence-corrected chi connectivity index (χ0v) is 9.66. The molecule has 0 saturated carbocycles. The van der Waals surface area contributed by atoms with Crippen molar-refractivity contribution in [2.75, 3.05) is 0 Å². The van der Waals surface area contributed by atoms with Gasteiger partial charge in [0.05, 0.1) is 0 Å². The summed E-state index contributed by atoms with van der Waals surface area (Å²) in [6.07, 6.45) is 0. The molecule has 3 N–H and O–H groups in total. The summed E-state index contributed by atoms with van der Waals surface area (Å²) in [5.41, 5.74) is -0.0435. The van der Waals surface area contributed by atoms with Crippen LogP contribution in [-0.2, 0) is 6.61 Å². The Hall–Kier alpha value is -2.83. The van der Waals surface area contributed by atoms with Crippen LogP contribution < -0.4 is 4.74 Å². The topological polar surface area (TPSA) is 113 Å². The molecule has 7 heteroatoms. The quantitative estimate of drug-likeness (QED) is 0.750. The smallest absolute Gasteiger partial charge is 0.360 e. The number of hydrogen-bond donors (Lipinski definition) is 3. The van der Waals surface area contributed by atoms with Gasteiger partial charge in [0.15, 0.2) is 11.4 Å². The average Bonchev–Trinajstić information content (AvgIpc) is 2.81. The maximum Gasteiger partial charge on any atom is 0.360 e. The van der Waals surface area contributed by atoms with E-state index in [1.807, 2.05) is 6.07 Å². The van der Waals surface area contributed by atoms with E-state index in [0.717, 1.165) is 5.56 Å². The third-order valence-electron chi connectivity index (χ3n) is 2.36. The maximum atomic E-state index is 10.9. The second-order valence-electron chi connectivity index (χ2n) is 3.66. The molecule has 2 aromatic rings. The number of carboxylic acid groups (broad SMARTS) is 2. The van der Waals surface area contributed by atoms with Crippen molar-refractivity contribution in [3.8, 4) is 5.75 Å². The number of carbonyl (C=O) groups is 2. The zero-order valence-electron chi connectivity index (χ0n) is 9.66. The minimum Gasteiger partial charge on any atom is -0.484 e. The zero-order chi connectivity index (χ0) is 13.8. The summed E-state index contributed by atoms with van der Waals surface area (Å²) in [5, 5.41) is 23.4. The number of rotatable bonds is 5. The van der Waals surface area contributed by atoms with Crippen molar-refractivity contribution in [2.45, 2.75) is 6.61 Å². The number of aromatic nitrogens is 2. The van der Waals surface area contributed by atoms with E-state index in [1.54, 1.807) is 24.3 Å². The van der Waals surface area contributed by atoms with E-state index in [1.165, 1.54) is 0 Å². The van der Waals surface area contributed by atoms with Crippen molar-refractivity contribution in [1.82, 2.24) is 10.2 Å². The first-order valence-corrected chi connectivity index (χ1v) is 5.31. The molecule has 1 heterocycles. The SMILES string of the molecule is O=C(O)c1n[nH]c(C(=O)O)c1OCc1ccccc1. The molecule has 1 aromatic heterocycles. The van der Waals surface area contributed by atoms with Crippen LogP contribution in [0, 0.1) is 0 Å².